The van der Waals surface area contributed by atoms with Gasteiger partial charge >= 0.3 is 0 Å². The second-order valence-electron chi connectivity index (χ2n) is 4.53. The zero-order chi connectivity index (χ0) is 11.6. The van der Waals surface area contributed by atoms with Crippen LogP contribution in [0.5, 0.6) is 0 Å². The van der Waals surface area contributed by atoms with Crippen LogP contribution in [0.25, 0.3) is 0 Å². The molecule has 0 atom stereocenters. The first-order valence-corrected chi connectivity index (χ1v) is 6.66. The van der Waals surface area contributed by atoms with Crippen molar-refractivity contribution in [3.63, 3.8) is 0 Å². The van der Waals surface area contributed by atoms with E-state index >= 15 is 0 Å². The number of anilines is 1. The Hall–Kier alpha value is -0.920. The van der Waals surface area contributed by atoms with Gasteiger partial charge in [-0.05, 0) is 18.9 Å². The number of unbranched alkanes of at least 4 members (excludes halogenated alkanes) is 7. The molecule has 0 bridgehead atoms. The number of rotatable bonds is 9. The molecule has 92 valence electrons. The van der Waals surface area contributed by atoms with Gasteiger partial charge in [0.15, 0.2) is 5.88 Å². The third-order valence-electron chi connectivity index (χ3n) is 3.08. The molecule has 0 saturated carbocycles. The summed E-state index contributed by atoms with van der Waals surface area (Å²) in [5.74, 6) is 0.600. The third kappa shape index (κ3) is 5.24. The van der Waals surface area contributed by atoms with Gasteiger partial charge in [0.1, 0.15) is 0 Å². The van der Waals surface area contributed by atoms with Gasteiger partial charge in [-0.3, -0.25) is 0 Å². The predicted molar refractivity (Wildman–Crippen MR) is 69.4 cm³/mol. The molecule has 1 heterocycles. The van der Waals surface area contributed by atoms with Gasteiger partial charge < -0.3 is 10.2 Å². The highest BCUT2D eigenvalue weighted by Gasteiger charge is 2.00. The Morgan fingerprint density at radius 3 is 2.19 bits per heavy atom. The molecule has 0 aliphatic carbocycles. The van der Waals surface area contributed by atoms with Crippen LogP contribution in [0.1, 0.15) is 63.9 Å². The summed E-state index contributed by atoms with van der Waals surface area (Å²) in [6.45, 7) is 2.26. The Morgan fingerprint density at radius 1 is 1.00 bits per heavy atom. The largest absolute Gasteiger partial charge is 0.449 e. The number of aryl methyl sites for hydroxylation is 1. The van der Waals surface area contributed by atoms with Crippen molar-refractivity contribution in [3.05, 3.63) is 17.9 Å². The highest BCUT2D eigenvalue weighted by atomic mass is 16.3. The minimum Gasteiger partial charge on any atom is -0.449 e. The predicted octanol–water partition coefficient (Wildman–Crippen LogP) is 4.55. The molecule has 1 aromatic heterocycles. The normalized spacial score (nSPS) is 10.8. The van der Waals surface area contributed by atoms with E-state index in [-0.39, 0.29) is 0 Å². The molecular formula is C14H25NO. The molecule has 16 heavy (non-hydrogen) atoms. The number of hydrogen-bond donors (Lipinski definition) is 1. The Kier molecular flexibility index (Phi) is 6.78. The number of hydrogen-bond acceptors (Lipinski definition) is 2. The van der Waals surface area contributed by atoms with E-state index in [2.05, 4.69) is 6.92 Å². The van der Waals surface area contributed by atoms with E-state index in [1.807, 2.05) is 6.07 Å². The average Bonchev–Trinajstić information content (AvgIpc) is 2.68. The van der Waals surface area contributed by atoms with Crippen LogP contribution in [0, 0.1) is 0 Å². The van der Waals surface area contributed by atoms with Crippen LogP contribution in [0.15, 0.2) is 16.7 Å². The highest BCUT2D eigenvalue weighted by Crippen LogP contribution is 2.16. The maximum atomic E-state index is 5.67. The molecule has 0 saturated heterocycles. The van der Waals surface area contributed by atoms with Gasteiger partial charge in [0.2, 0.25) is 0 Å². The van der Waals surface area contributed by atoms with Gasteiger partial charge in [0, 0.05) is 5.56 Å². The molecule has 0 aliphatic heterocycles. The van der Waals surface area contributed by atoms with Gasteiger partial charge in [-0.15, -0.1) is 0 Å². The molecule has 2 heteroatoms. The summed E-state index contributed by atoms with van der Waals surface area (Å²) >= 11 is 0. The van der Waals surface area contributed by atoms with Gasteiger partial charge in [0.05, 0.1) is 6.26 Å². The third-order valence-corrected chi connectivity index (χ3v) is 3.08. The molecule has 0 amide bonds. The van der Waals surface area contributed by atoms with E-state index in [0.29, 0.717) is 5.88 Å². The van der Waals surface area contributed by atoms with Crippen molar-refractivity contribution in [2.24, 2.45) is 0 Å². The fourth-order valence-corrected chi connectivity index (χ4v) is 2.00. The number of nitrogen functional groups attached to an aromatic ring is 1. The van der Waals surface area contributed by atoms with Crippen LogP contribution >= 0.6 is 0 Å². The quantitative estimate of drug-likeness (QED) is 0.624. The zero-order valence-corrected chi connectivity index (χ0v) is 10.5. The minimum atomic E-state index is 0.600. The van der Waals surface area contributed by atoms with Crippen LogP contribution in [-0.2, 0) is 6.42 Å². The fourth-order valence-electron chi connectivity index (χ4n) is 2.00. The monoisotopic (exact) mass is 223 g/mol. The molecule has 0 aliphatic rings. The van der Waals surface area contributed by atoms with E-state index in [1.54, 1.807) is 6.26 Å². The van der Waals surface area contributed by atoms with E-state index < -0.39 is 0 Å². The summed E-state index contributed by atoms with van der Waals surface area (Å²) < 4.78 is 5.06. The van der Waals surface area contributed by atoms with Crippen molar-refractivity contribution in [1.82, 2.24) is 0 Å². The highest BCUT2D eigenvalue weighted by molar-refractivity contribution is 5.35. The lowest BCUT2D eigenvalue weighted by Crippen LogP contribution is -1.90. The van der Waals surface area contributed by atoms with Gasteiger partial charge in [0.25, 0.3) is 0 Å². The summed E-state index contributed by atoms with van der Waals surface area (Å²) in [4.78, 5) is 0. The molecular weight excluding hydrogens is 198 g/mol. The summed E-state index contributed by atoms with van der Waals surface area (Å²) in [5, 5.41) is 0. The second-order valence-corrected chi connectivity index (χ2v) is 4.53. The summed E-state index contributed by atoms with van der Waals surface area (Å²) in [5.41, 5.74) is 6.84. The number of nitrogens with two attached hydrogens (primary N) is 1. The van der Waals surface area contributed by atoms with E-state index in [1.165, 1.54) is 56.9 Å². The summed E-state index contributed by atoms with van der Waals surface area (Å²) in [7, 11) is 0. The Bertz CT molecular complexity index is 267. The van der Waals surface area contributed by atoms with Crippen molar-refractivity contribution in [3.8, 4) is 0 Å². The molecule has 1 rings (SSSR count). The first-order chi connectivity index (χ1) is 7.84. The standard InChI is InChI=1S/C14H25NO/c1-2-3-4-5-6-7-8-9-10-13-11-12-16-14(13)15/h11-12H,2-10,15H2,1H3. The lowest BCUT2D eigenvalue weighted by Gasteiger charge is -2.01. The molecule has 1 aromatic rings. The molecule has 0 fully saturated rings. The maximum absolute atomic E-state index is 5.67. The summed E-state index contributed by atoms with van der Waals surface area (Å²) in [6, 6.07) is 1.98. The van der Waals surface area contributed by atoms with Gasteiger partial charge in [-0.25, -0.2) is 0 Å². The number of furan rings is 1. The van der Waals surface area contributed by atoms with E-state index in [0.717, 1.165) is 6.42 Å². The SMILES string of the molecule is CCCCCCCCCCc1ccoc1N. The Labute approximate surface area is 99.2 Å². The first kappa shape index (κ1) is 13.1. The van der Waals surface area contributed by atoms with Crippen molar-refractivity contribution >= 4 is 5.88 Å². The lowest BCUT2D eigenvalue weighted by atomic mass is 10.1. The van der Waals surface area contributed by atoms with Crippen LogP contribution < -0.4 is 5.73 Å². The van der Waals surface area contributed by atoms with Crippen LogP contribution in [0.2, 0.25) is 0 Å². The van der Waals surface area contributed by atoms with Crippen molar-refractivity contribution in [2.75, 3.05) is 5.73 Å². The van der Waals surface area contributed by atoms with Crippen LogP contribution in [0.3, 0.4) is 0 Å². The van der Waals surface area contributed by atoms with Crippen molar-refractivity contribution < 1.29 is 4.42 Å². The molecule has 0 radical (unpaired) electrons. The van der Waals surface area contributed by atoms with Gasteiger partial charge in [-0.2, -0.15) is 0 Å². The minimum absolute atomic E-state index is 0.600. The van der Waals surface area contributed by atoms with Crippen molar-refractivity contribution in [1.29, 1.82) is 0 Å². The first-order valence-electron chi connectivity index (χ1n) is 6.66. The molecule has 2 N–H and O–H groups in total. The summed E-state index contributed by atoms with van der Waals surface area (Å²) in [6.07, 6.45) is 13.6. The molecule has 0 aromatic carbocycles. The Morgan fingerprint density at radius 2 is 1.62 bits per heavy atom. The molecule has 2 nitrogen and oxygen atoms in total. The van der Waals surface area contributed by atoms with E-state index in [9.17, 15) is 0 Å². The van der Waals surface area contributed by atoms with Crippen LogP contribution in [0.4, 0.5) is 5.88 Å². The maximum Gasteiger partial charge on any atom is 0.193 e. The lowest BCUT2D eigenvalue weighted by molar-refractivity contribution is 0.570. The van der Waals surface area contributed by atoms with E-state index in [4.69, 9.17) is 10.2 Å². The fraction of sp³-hybridized carbons (Fsp3) is 0.714. The Balaban J connectivity index is 1.91. The average molecular weight is 223 g/mol. The van der Waals surface area contributed by atoms with Crippen LogP contribution in [-0.4, -0.2) is 0 Å². The molecule has 0 spiro atoms. The molecule has 0 unspecified atom stereocenters. The van der Waals surface area contributed by atoms with Gasteiger partial charge in [-0.1, -0.05) is 51.9 Å². The second kappa shape index (κ2) is 8.26. The van der Waals surface area contributed by atoms with Crippen molar-refractivity contribution in [2.45, 2.75) is 64.7 Å². The smallest absolute Gasteiger partial charge is 0.193 e. The zero-order valence-electron chi connectivity index (χ0n) is 10.5. The topological polar surface area (TPSA) is 39.2 Å².